The maximum absolute atomic E-state index is 12.4. The standard InChI is InChI=1S/C10H12F3NO/c1-6-4-3-5-7(8(6)15-2)9(14)10(11,12)13/h3-5,9H,14H2,1-2H3. The van der Waals surface area contributed by atoms with Crippen molar-refractivity contribution in [2.75, 3.05) is 7.11 Å². The summed E-state index contributed by atoms with van der Waals surface area (Å²) in [6.07, 6.45) is -4.46. The van der Waals surface area contributed by atoms with E-state index in [1.165, 1.54) is 19.2 Å². The summed E-state index contributed by atoms with van der Waals surface area (Å²) in [6.45, 7) is 1.67. The van der Waals surface area contributed by atoms with Gasteiger partial charge in [0.15, 0.2) is 0 Å². The number of ether oxygens (including phenoxy) is 1. The van der Waals surface area contributed by atoms with E-state index in [4.69, 9.17) is 10.5 Å². The molecule has 1 atom stereocenters. The molecule has 2 N–H and O–H groups in total. The minimum atomic E-state index is -4.46. The first kappa shape index (κ1) is 11.8. The SMILES string of the molecule is COc1c(C)cccc1C(N)C(F)(F)F. The first-order valence-electron chi connectivity index (χ1n) is 4.33. The van der Waals surface area contributed by atoms with Crippen molar-refractivity contribution in [2.45, 2.75) is 19.1 Å². The van der Waals surface area contributed by atoms with Crippen LogP contribution in [0.5, 0.6) is 5.75 Å². The molecule has 0 aliphatic carbocycles. The molecule has 0 amide bonds. The van der Waals surface area contributed by atoms with Crippen molar-refractivity contribution in [3.8, 4) is 5.75 Å². The van der Waals surface area contributed by atoms with Crippen LogP contribution in [0.25, 0.3) is 0 Å². The predicted octanol–water partition coefficient (Wildman–Crippen LogP) is 2.57. The highest BCUT2D eigenvalue weighted by Crippen LogP contribution is 2.36. The Hall–Kier alpha value is -1.23. The minimum absolute atomic E-state index is 0.0370. The van der Waals surface area contributed by atoms with Crippen molar-refractivity contribution in [1.82, 2.24) is 0 Å². The maximum Gasteiger partial charge on any atom is 0.407 e. The Labute approximate surface area is 85.8 Å². The zero-order valence-corrected chi connectivity index (χ0v) is 8.43. The summed E-state index contributed by atoms with van der Waals surface area (Å²) in [7, 11) is 1.33. The lowest BCUT2D eigenvalue weighted by molar-refractivity contribution is -0.149. The Morgan fingerprint density at radius 1 is 1.33 bits per heavy atom. The number of hydrogen-bond acceptors (Lipinski definition) is 2. The summed E-state index contributed by atoms with van der Waals surface area (Å²) in [5.74, 6) is 0.197. The Kier molecular flexibility index (Phi) is 3.24. The monoisotopic (exact) mass is 219 g/mol. The van der Waals surface area contributed by atoms with Crippen molar-refractivity contribution in [1.29, 1.82) is 0 Å². The molecule has 1 rings (SSSR count). The fourth-order valence-electron chi connectivity index (χ4n) is 1.38. The van der Waals surface area contributed by atoms with E-state index in [9.17, 15) is 13.2 Å². The van der Waals surface area contributed by atoms with E-state index < -0.39 is 12.2 Å². The molecule has 0 aliphatic heterocycles. The summed E-state index contributed by atoms with van der Waals surface area (Å²) in [6, 6.07) is 2.51. The van der Waals surface area contributed by atoms with Gasteiger partial charge in [-0.25, -0.2) is 0 Å². The van der Waals surface area contributed by atoms with Crippen LogP contribution in [0.3, 0.4) is 0 Å². The van der Waals surface area contributed by atoms with Gasteiger partial charge in [0.05, 0.1) is 7.11 Å². The van der Waals surface area contributed by atoms with Crippen molar-refractivity contribution in [2.24, 2.45) is 5.73 Å². The van der Waals surface area contributed by atoms with Gasteiger partial charge in [-0.05, 0) is 12.5 Å². The van der Waals surface area contributed by atoms with Crippen LogP contribution in [0.4, 0.5) is 13.2 Å². The summed E-state index contributed by atoms with van der Waals surface area (Å²) in [4.78, 5) is 0. The van der Waals surface area contributed by atoms with Crippen LogP contribution in [-0.4, -0.2) is 13.3 Å². The third-order valence-corrected chi connectivity index (χ3v) is 2.13. The molecule has 0 aromatic heterocycles. The zero-order chi connectivity index (χ0) is 11.6. The van der Waals surface area contributed by atoms with E-state index in [2.05, 4.69) is 0 Å². The second kappa shape index (κ2) is 4.10. The average molecular weight is 219 g/mol. The topological polar surface area (TPSA) is 35.2 Å². The number of halogens is 3. The molecule has 0 fully saturated rings. The number of aryl methyl sites for hydroxylation is 1. The molecule has 1 aromatic rings. The van der Waals surface area contributed by atoms with Crippen LogP contribution < -0.4 is 10.5 Å². The average Bonchev–Trinajstić information content (AvgIpc) is 2.14. The largest absolute Gasteiger partial charge is 0.496 e. The Morgan fingerprint density at radius 2 is 1.93 bits per heavy atom. The number of rotatable bonds is 2. The molecule has 1 aromatic carbocycles. The van der Waals surface area contributed by atoms with E-state index in [1.807, 2.05) is 0 Å². The zero-order valence-electron chi connectivity index (χ0n) is 8.43. The van der Waals surface area contributed by atoms with Gasteiger partial charge in [0.2, 0.25) is 0 Å². The van der Waals surface area contributed by atoms with E-state index in [0.717, 1.165) is 0 Å². The second-order valence-corrected chi connectivity index (χ2v) is 3.22. The van der Waals surface area contributed by atoms with Crippen LogP contribution in [-0.2, 0) is 0 Å². The molecule has 5 heteroatoms. The predicted molar refractivity (Wildman–Crippen MR) is 50.7 cm³/mol. The van der Waals surface area contributed by atoms with Gasteiger partial charge < -0.3 is 10.5 Å². The number of hydrogen-bond donors (Lipinski definition) is 1. The molecule has 84 valence electrons. The number of benzene rings is 1. The molecule has 0 aliphatic rings. The molecule has 0 heterocycles. The first-order chi connectivity index (χ1) is 6.88. The molecule has 0 radical (unpaired) electrons. The van der Waals surface area contributed by atoms with Gasteiger partial charge in [0, 0.05) is 5.56 Å². The van der Waals surface area contributed by atoms with E-state index >= 15 is 0 Å². The molecule has 0 bridgehead atoms. The van der Waals surface area contributed by atoms with E-state index in [0.29, 0.717) is 5.56 Å². The summed E-state index contributed by atoms with van der Waals surface area (Å²) in [5, 5.41) is 0. The smallest absolute Gasteiger partial charge is 0.407 e. The third kappa shape index (κ3) is 2.41. The van der Waals surface area contributed by atoms with Gasteiger partial charge in [0.1, 0.15) is 11.8 Å². The molecule has 15 heavy (non-hydrogen) atoms. The van der Waals surface area contributed by atoms with Crippen LogP contribution in [0.1, 0.15) is 17.2 Å². The molecule has 0 saturated carbocycles. The van der Waals surface area contributed by atoms with Crippen LogP contribution >= 0.6 is 0 Å². The van der Waals surface area contributed by atoms with Crippen LogP contribution in [0, 0.1) is 6.92 Å². The number of methoxy groups -OCH3 is 1. The Bertz CT molecular complexity index is 349. The molecule has 2 nitrogen and oxygen atoms in total. The molecule has 1 unspecified atom stereocenters. The lowest BCUT2D eigenvalue weighted by Crippen LogP contribution is -2.28. The number of nitrogens with two attached hydrogens (primary N) is 1. The van der Waals surface area contributed by atoms with Gasteiger partial charge >= 0.3 is 6.18 Å². The lowest BCUT2D eigenvalue weighted by Gasteiger charge is -2.19. The highest BCUT2D eigenvalue weighted by Gasteiger charge is 2.39. The Balaban J connectivity index is 3.20. The van der Waals surface area contributed by atoms with Crippen LogP contribution in [0.15, 0.2) is 18.2 Å². The quantitative estimate of drug-likeness (QED) is 0.829. The van der Waals surface area contributed by atoms with Crippen molar-refractivity contribution in [3.63, 3.8) is 0 Å². The highest BCUT2D eigenvalue weighted by molar-refractivity contribution is 5.42. The van der Waals surface area contributed by atoms with Gasteiger partial charge in [-0.15, -0.1) is 0 Å². The maximum atomic E-state index is 12.4. The molecular weight excluding hydrogens is 207 g/mol. The third-order valence-electron chi connectivity index (χ3n) is 2.13. The normalized spacial score (nSPS) is 13.7. The summed E-state index contributed by atoms with van der Waals surface area (Å²) < 4.78 is 42.1. The van der Waals surface area contributed by atoms with Gasteiger partial charge in [0.25, 0.3) is 0 Å². The summed E-state index contributed by atoms with van der Waals surface area (Å²) >= 11 is 0. The highest BCUT2D eigenvalue weighted by atomic mass is 19.4. The van der Waals surface area contributed by atoms with Crippen molar-refractivity contribution in [3.05, 3.63) is 29.3 Å². The first-order valence-corrected chi connectivity index (χ1v) is 4.33. The summed E-state index contributed by atoms with van der Waals surface area (Å²) in [5.41, 5.74) is 5.71. The van der Waals surface area contributed by atoms with E-state index in [-0.39, 0.29) is 11.3 Å². The molecule has 0 saturated heterocycles. The van der Waals surface area contributed by atoms with Crippen molar-refractivity contribution < 1.29 is 17.9 Å². The lowest BCUT2D eigenvalue weighted by atomic mass is 10.0. The molecular formula is C10H12F3NO. The second-order valence-electron chi connectivity index (χ2n) is 3.22. The number of alkyl halides is 3. The van der Waals surface area contributed by atoms with Gasteiger partial charge in [-0.2, -0.15) is 13.2 Å². The van der Waals surface area contributed by atoms with Gasteiger partial charge in [-0.3, -0.25) is 0 Å². The number of para-hydroxylation sites is 1. The minimum Gasteiger partial charge on any atom is -0.496 e. The van der Waals surface area contributed by atoms with Crippen molar-refractivity contribution >= 4 is 0 Å². The Morgan fingerprint density at radius 3 is 2.40 bits per heavy atom. The van der Waals surface area contributed by atoms with E-state index in [1.54, 1.807) is 13.0 Å². The van der Waals surface area contributed by atoms with Gasteiger partial charge in [-0.1, -0.05) is 18.2 Å². The molecule has 0 spiro atoms. The fraction of sp³-hybridized carbons (Fsp3) is 0.400. The van der Waals surface area contributed by atoms with Crippen LogP contribution in [0.2, 0.25) is 0 Å². The fourth-order valence-corrected chi connectivity index (χ4v) is 1.38.